The zero-order chi connectivity index (χ0) is 15.8. The van der Waals surface area contributed by atoms with Crippen molar-refractivity contribution >= 4 is 17.3 Å². The molecule has 0 amide bonds. The molecule has 0 aliphatic carbocycles. The maximum atomic E-state index is 12.6. The van der Waals surface area contributed by atoms with Crippen LogP contribution in [0.3, 0.4) is 0 Å². The van der Waals surface area contributed by atoms with Crippen molar-refractivity contribution in [2.75, 3.05) is 0 Å². The number of halogens is 4. The van der Waals surface area contributed by atoms with Gasteiger partial charge in [-0.05, 0) is 6.07 Å². The summed E-state index contributed by atoms with van der Waals surface area (Å²) in [7, 11) is 1.12. The monoisotopic (exact) mass is 321 g/mol. The molecular weight excluding hydrogens is 315 g/mol. The summed E-state index contributed by atoms with van der Waals surface area (Å²) >= 11 is 5.67. The van der Waals surface area contributed by atoms with E-state index in [9.17, 15) is 23.3 Å². The molecule has 1 aromatic heterocycles. The zero-order valence-electron chi connectivity index (χ0n) is 10.4. The van der Waals surface area contributed by atoms with Crippen molar-refractivity contribution in [3.8, 4) is 11.6 Å². The standard InChI is InChI=1S/C11H7ClF3N3O3/c1-17-9(11(13,14)15)5-10(16-17)21-6-2-3-8(18(19)20)7(12)4-6/h2-5H,1H3. The minimum atomic E-state index is -4.56. The van der Waals surface area contributed by atoms with Crippen LogP contribution in [0.25, 0.3) is 0 Å². The summed E-state index contributed by atoms with van der Waals surface area (Å²) in [5, 5.41) is 14.0. The van der Waals surface area contributed by atoms with Gasteiger partial charge < -0.3 is 4.74 Å². The van der Waals surface area contributed by atoms with Crippen molar-refractivity contribution < 1.29 is 22.8 Å². The summed E-state index contributed by atoms with van der Waals surface area (Å²) in [6, 6.07) is 4.15. The first-order chi connectivity index (χ1) is 9.68. The Kier molecular flexibility index (Phi) is 3.77. The molecule has 0 bridgehead atoms. The predicted molar refractivity (Wildman–Crippen MR) is 66.4 cm³/mol. The Balaban J connectivity index is 2.27. The van der Waals surface area contributed by atoms with Crippen LogP contribution in [-0.2, 0) is 13.2 Å². The molecule has 6 nitrogen and oxygen atoms in total. The molecule has 0 spiro atoms. The molecule has 2 aromatic rings. The van der Waals surface area contributed by atoms with Gasteiger partial charge >= 0.3 is 6.18 Å². The molecule has 0 radical (unpaired) electrons. The van der Waals surface area contributed by atoms with Crippen molar-refractivity contribution in [3.63, 3.8) is 0 Å². The normalized spacial score (nSPS) is 11.5. The van der Waals surface area contributed by atoms with Gasteiger partial charge in [0, 0.05) is 25.2 Å². The number of alkyl halides is 3. The first-order valence-corrected chi connectivity index (χ1v) is 5.79. The lowest BCUT2D eigenvalue weighted by Crippen LogP contribution is -2.11. The van der Waals surface area contributed by atoms with Gasteiger partial charge in [0.2, 0.25) is 5.88 Å². The van der Waals surface area contributed by atoms with Gasteiger partial charge in [-0.1, -0.05) is 11.6 Å². The van der Waals surface area contributed by atoms with E-state index in [0.29, 0.717) is 4.68 Å². The molecule has 2 rings (SSSR count). The van der Waals surface area contributed by atoms with Crippen LogP contribution in [-0.4, -0.2) is 14.7 Å². The maximum absolute atomic E-state index is 12.6. The molecule has 0 unspecified atom stereocenters. The van der Waals surface area contributed by atoms with E-state index in [-0.39, 0.29) is 22.3 Å². The Labute approximate surface area is 120 Å². The van der Waals surface area contributed by atoms with E-state index in [4.69, 9.17) is 16.3 Å². The number of benzene rings is 1. The summed E-state index contributed by atoms with van der Waals surface area (Å²) in [6.45, 7) is 0. The lowest BCUT2D eigenvalue weighted by molar-refractivity contribution is -0.384. The highest BCUT2D eigenvalue weighted by molar-refractivity contribution is 6.32. The molecule has 112 valence electrons. The number of aromatic nitrogens is 2. The fourth-order valence-electron chi connectivity index (χ4n) is 1.58. The smallest absolute Gasteiger partial charge is 0.433 e. The van der Waals surface area contributed by atoms with Crippen LogP contribution in [0.15, 0.2) is 24.3 Å². The number of ether oxygens (including phenoxy) is 1. The van der Waals surface area contributed by atoms with E-state index in [1.807, 2.05) is 0 Å². The minimum Gasteiger partial charge on any atom is -0.437 e. The summed E-state index contributed by atoms with van der Waals surface area (Å²) in [4.78, 5) is 9.90. The van der Waals surface area contributed by atoms with E-state index in [2.05, 4.69) is 5.10 Å². The molecule has 0 saturated carbocycles. The molecular formula is C11H7ClF3N3O3. The van der Waals surface area contributed by atoms with E-state index < -0.39 is 16.8 Å². The van der Waals surface area contributed by atoms with Crippen LogP contribution in [0.5, 0.6) is 11.6 Å². The number of nitro groups is 1. The van der Waals surface area contributed by atoms with Gasteiger partial charge in [-0.3, -0.25) is 14.8 Å². The second-order valence-corrected chi connectivity index (χ2v) is 4.37. The second-order valence-electron chi connectivity index (χ2n) is 3.96. The van der Waals surface area contributed by atoms with Crippen molar-refractivity contribution in [3.05, 3.63) is 45.1 Å². The quantitative estimate of drug-likeness (QED) is 0.637. The number of rotatable bonds is 3. The predicted octanol–water partition coefficient (Wildman–Crippen LogP) is 3.79. The van der Waals surface area contributed by atoms with Gasteiger partial charge in [-0.2, -0.15) is 13.2 Å². The number of hydrogen-bond acceptors (Lipinski definition) is 4. The summed E-state index contributed by atoms with van der Waals surface area (Å²) in [5.74, 6) is -0.257. The number of aryl methyl sites for hydroxylation is 1. The number of nitro benzene ring substituents is 1. The average molecular weight is 322 g/mol. The first-order valence-electron chi connectivity index (χ1n) is 5.41. The molecule has 1 heterocycles. The Morgan fingerprint density at radius 2 is 2.05 bits per heavy atom. The van der Waals surface area contributed by atoms with Crippen LogP contribution in [0.1, 0.15) is 5.69 Å². The van der Waals surface area contributed by atoms with Crippen LogP contribution in [0.2, 0.25) is 5.02 Å². The third-order valence-electron chi connectivity index (χ3n) is 2.49. The highest BCUT2D eigenvalue weighted by Gasteiger charge is 2.35. The van der Waals surface area contributed by atoms with E-state index in [0.717, 1.165) is 25.2 Å². The Morgan fingerprint density at radius 1 is 1.38 bits per heavy atom. The summed E-state index contributed by atoms with van der Waals surface area (Å²) in [6.07, 6.45) is -4.56. The summed E-state index contributed by atoms with van der Waals surface area (Å²) < 4.78 is 43.5. The van der Waals surface area contributed by atoms with Crippen molar-refractivity contribution in [1.29, 1.82) is 0 Å². The van der Waals surface area contributed by atoms with Crippen molar-refractivity contribution in [1.82, 2.24) is 9.78 Å². The Morgan fingerprint density at radius 3 is 2.52 bits per heavy atom. The topological polar surface area (TPSA) is 70.2 Å². The number of hydrogen-bond donors (Lipinski definition) is 0. The minimum absolute atomic E-state index is 0.0393. The SMILES string of the molecule is Cn1nc(Oc2ccc([N+](=O)[O-])c(Cl)c2)cc1C(F)(F)F. The average Bonchev–Trinajstić information content (AvgIpc) is 2.69. The Bertz CT molecular complexity index is 700. The highest BCUT2D eigenvalue weighted by atomic mass is 35.5. The molecule has 0 atom stereocenters. The van der Waals surface area contributed by atoms with Gasteiger partial charge in [-0.15, -0.1) is 5.10 Å². The van der Waals surface area contributed by atoms with Crippen molar-refractivity contribution in [2.45, 2.75) is 6.18 Å². The molecule has 0 aliphatic heterocycles. The fourth-order valence-corrected chi connectivity index (χ4v) is 1.82. The fraction of sp³-hybridized carbons (Fsp3) is 0.182. The van der Waals surface area contributed by atoms with E-state index >= 15 is 0 Å². The van der Waals surface area contributed by atoms with Crippen LogP contribution in [0, 0.1) is 10.1 Å². The molecule has 0 saturated heterocycles. The van der Waals surface area contributed by atoms with Gasteiger partial charge in [0.15, 0.2) is 0 Å². The lowest BCUT2D eigenvalue weighted by atomic mass is 10.3. The third-order valence-corrected chi connectivity index (χ3v) is 2.79. The molecule has 0 aliphatic rings. The van der Waals surface area contributed by atoms with E-state index in [1.54, 1.807) is 0 Å². The lowest BCUT2D eigenvalue weighted by Gasteiger charge is -2.04. The van der Waals surface area contributed by atoms with Gasteiger partial charge in [-0.25, -0.2) is 0 Å². The molecule has 1 aromatic carbocycles. The maximum Gasteiger partial charge on any atom is 0.433 e. The first kappa shape index (κ1) is 15.1. The van der Waals surface area contributed by atoms with Gasteiger partial charge in [0.05, 0.1) is 4.92 Å². The largest absolute Gasteiger partial charge is 0.437 e. The summed E-state index contributed by atoms with van der Waals surface area (Å²) in [5.41, 5.74) is -1.31. The number of nitrogens with zero attached hydrogens (tertiary/aromatic N) is 3. The van der Waals surface area contributed by atoms with Crippen molar-refractivity contribution in [2.24, 2.45) is 7.05 Å². The van der Waals surface area contributed by atoms with Crippen LogP contribution in [0.4, 0.5) is 18.9 Å². The molecule has 21 heavy (non-hydrogen) atoms. The van der Waals surface area contributed by atoms with Gasteiger partial charge in [0.1, 0.15) is 16.5 Å². The van der Waals surface area contributed by atoms with Crippen LogP contribution < -0.4 is 4.74 Å². The molecule has 0 N–H and O–H groups in total. The zero-order valence-corrected chi connectivity index (χ0v) is 11.1. The molecule has 10 heteroatoms. The second kappa shape index (κ2) is 5.24. The van der Waals surface area contributed by atoms with E-state index in [1.165, 1.54) is 6.07 Å². The van der Waals surface area contributed by atoms with Gasteiger partial charge in [0.25, 0.3) is 5.69 Å². The van der Waals surface area contributed by atoms with Crippen LogP contribution >= 0.6 is 11.6 Å². The Hall–Kier alpha value is -2.29. The molecule has 0 fully saturated rings. The third kappa shape index (κ3) is 3.24. The highest BCUT2D eigenvalue weighted by Crippen LogP contribution is 2.34.